The monoisotopic (exact) mass is 301 g/mol. The van der Waals surface area contributed by atoms with Crippen molar-refractivity contribution in [1.29, 1.82) is 0 Å². The van der Waals surface area contributed by atoms with E-state index in [0.717, 1.165) is 12.5 Å². The van der Waals surface area contributed by atoms with E-state index in [1.165, 1.54) is 6.07 Å². The van der Waals surface area contributed by atoms with E-state index in [4.69, 9.17) is 11.6 Å². The Morgan fingerprint density at radius 1 is 1.15 bits per heavy atom. The van der Waals surface area contributed by atoms with Crippen molar-refractivity contribution in [2.75, 3.05) is 5.32 Å². The molecular formula is C13H11ClF3N3. The number of aryl methyl sites for hydroxylation is 1. The summed E-state index contributed by atoms with van der Waals surface area (Å²) in [6, 6.07) is 2.66. The third-order valence-electron chi connectivity index (χ3n) is 2.47. The second-order valence-electron chi connectivity index (χ2n) is 4.12. The van der Waals surface area contributed by atoms with E-state index < -0.39 is 17.5 Å². The Balaban J connectivity index is 2.34. The Morgan fingerprint density at radius 3 is 2.60 bits per heavy atom. The van der Waals surface area contributed by atoms with E-state index in [1.54, 1.807) is 0 Å². The highest BCUT2D eigenvalue weighted by molar-refractivity contribution is 6.29. The van der Waals surface area contributed by atoms with Crippen LogP contribution in [0, 0.1) is 17.5 Å². The van der Waals surface area contributed by atoms with Crippen molar-refractivity contribution in [3.8, 4) is 0 Å². The molecular weight excluding hydrogens is 291 g/mol. The molecule has 3 nitrogen and oxygen atoms in total. The van der Waals surface area contributed by atoms with Crippen LogP contribution in [0.3, 0.4) is 0 Å². The summed E-state index contributed by atoms with van der Waals surface area (Å²) in [6.07, 6.45) is 1.40. The number of rotatable bonds is 4. The molecule has 0 aliphatic heterocycles. The quantitative estimate of drug-likeness (QED) is 0.678. The second-order valence-corrected chi connectivity index (χ2v) is 4.50. The summed E-state index contributed by atoms with van der Waals surface area (Å²) in [4.78, 5) is 8.10. The Morgan fingerprint density at radius 2 is 1.90 bits per heavy atom. The Bertz CT molecular complexity index is 634. The van der Waals surface area contributed by atoms with Crippen LogP contribution in [-0.2, 0) is 6.42 Å². The van der Waals surface area contributed by atoms with E-state index in [1.807, 2.05) is 6.92 Å². The average Bonchev–Trinajstić information content (AvgIpc) is 2.35. The highest BCUT2D eigenvalue weighted by Crippen LogP contribution is 2.23. The van der Waals surface area contributed by atoms with Gasteiger partial charge in [0.15, 0.2) is 11.6 Å². The number of nitrogens with one attached hydrogen (secondary N) is 1. The Kier molecular flexibility index (Phi) is 4.44. The van der Waals surface area contributed by atoms with Gasteiger partial charge >= 0.3 is 0 Å². The fraction of sp³-hybridized carbons (Fsp3) is 0.231. The van der Waals surface area contributed by atoms with Crippen molar-refractivity contribution in [2.45, 2.75) is 19.8 Å². The number of anilines is 2. The van der Waals surface area contributed by atoms with Crippen molar-refractivity contribution in [3.05, 3.63) is 46.6 Å². The second kappa shape index (κ2) is 6.09. The lowest BCUT2D eigenvalue weighted by Crippen LogP contribution is -2.03. The van der Waals surface area contributed by atoms with Gasteiger partial charge in [-0.3, -0.25) is 0 Å². The number of halogens is 4. The van der Waals surface area contributed by atoms with Crippen molar-refractivity contribution in [2.24, 2.45) is 0 Å². The van der Waals surface area contributed by atoms with Crippen LogP contribution in [0.1, 0.15) is 19.2 Å². The predicted molar refractivity (Wildman–Crippen MR) is 70.6 cm³/mol. The molecule has 2 rings (SSSR count). The molecule has 0 saturated carbocycles. The molecule has 0 atom stereocenters. The standard InChI is InChI=1S/C13H11ClF3N3/c1-2-3-11-19-10(14)6-12(20-11)18-9-5-7(15)4-8(16)13(9)17/h4-6H,2-3H2,1H3,(H,18,19,20). The highest BCUT2D eigenvalue weighted by Gasteiger charge is 2.12. The topological polar surface area (TPSA) is 37.8 Å². The molecule has 0 radical (unpaired) electrons. The van der Waals surface area contributed by atoms with Crippen LogP contribution in [-0.4, -0.2) is 9.97 Å². The van der Waals surface area contributed by atoms with Crippen LogP contribution in [0.25, 0.3) is 0 Å². The normalized spacial score (nSPS) is 10.7. The lowest BCUT2D eigenvalue weighted by atomic mass is 10.2. The van der Waals surface area contributed by atoms with Crippen LogP contribution in [0.5, 0.6) is 0 Å². The van der Waals surface area contributed by atoms with Gasteiger partial charge in [0.2, 0.25) is 0 Å². The van der Waals surface area contributed by atoms with Gasteiger partial charge < -0.3 is 5.32 Å². The Labute approximate surface area is 118 Å². The van der Waals surface area contributed by atoms with Crippen LogP contribution >= 0.6 is 11.6 Å². The molecule has 0 unspecified atom stereocenters. The van der Waals surface area contributed by atoms with Gasteiger partial charge in [-0.15, -0.1) is 0 Å². The van der Waals surface area contributed by atoms with E-state index >= 15 is 0 Å². The lowest BCUT2D eigenvalue weighted by molar-refractivity contribution is 0.498. The molecule has 2 aromatic rings. The van der Waals surface area contributed by atoms with Gasteiger partial charge in [-0.2, -0.15) is 0 Å². The summed E-state index contributed by atoms with van der Waals surface area (Å²) in [5, 5.41) is 2.67. The molecule has 0 fully saturated rings. The van der Waals surface area contributed by atoms with Gasteiger partial charge in [-0.05, 0) is 6.42 Å². The molecule has 20 heavy (non-hydrogen) atoms. The average molecular weight is 302 g/mol. The minimum atomic E-state index is -1.28. The summed E-state index contributed by atoms with van der Waals surface area (Å²) >= 11 is 5.82. The molecule has 1 aromatic carbocycles. The molecule has 0 aliphatic carbocycles. The number of hydrogen-bond acceptors (Lipinski definition) is 3. The highest BCUT2D eigenvalue weighted by atomic mass is 35.5. The van der Waals surface area contributed by atoms with Gasteiger partial charge in [-0.1, -0.05) is 18.5 Å². The van der Waals surface area contributed by atoms with Crippen LogP contribution in [0.2, 0.25) is 5.15 Å². The SMILES string of the molecule is CCCc1nc(Cl)cc(Nc2cc(F)cc(F)c2F)n1. The zero-order valence-electron chi connectivity index (χ0n) is 10.6. The maximum Gasteiger partial charge on any atom is 0.182 e. The fourth-order valence-corrected chi connectivity index (χ4v) is 1.85. The largest absolute Gasteiger partial charge is 0.338 e. The predicted octanol–water partition coefficient (Wildman–Crippen LogP) is 4.24. The first kappa shape index (κ1) is 14.6. The van der Waals surface area contributed by atoms with Crippen molar-refractivity contribution in [1.82, 2.24) is 9.97 Å². The molecule has 7 heteroatoms. The lowest BCUT2D eigenvalue weighted by Gasteiger charge is -2.09. The number of hydrogen-bond donors (Lipinski definition) is 1. The van der Waals surface area contributed by atoms with Gasteiger partial charge in [0, 0.05) is 24.6 Å². The van der Waals surface area contributed by atoms with Crippen LogP contribution in [0.4, 0.5) is 24.7 Å². The molecule has 1 N–H and O–H groups in total. The van der Waals surface area contributed by atoms with E-state index in [-0.39, 0.29) is 16.7 Å². The summed E-state index contributed by atoms with van der Waals surface area (Å²) in [6.45, 7) is 1.94. The third kappa shape index (κ3) is 3.39. The molecule has 0 spiro atoms. The number of aromatic nitrogens is 2. The first-order valence-electron chi connectivity index (χ1n) is 5.94. The first-order valence-corrected chi connectivity index (χ1v) is 6.32. The van der Waals surface area contributed by atoms with Crippen LogP contribution in [0.15, 0.2) is 18.2 Å². The van der Waals surface area contributed by atoms with Gasteiger partial charge in [0.25, 0.3) is 0 Å². The maximum atomic E-state index is 13.5. The number of benzene rings is 1. The van der Waals surface area contributed by atoms with E-state index in [2.05, 4.69) is 15.3 Å². The minimum Gasteiger partial charge on any atom is -0.338 e. The van der Waals surface area contributed by atoms with Crippen LogP contribution < -0.4 is 5.32 Å². The van der Waals surface area contributed by atoms with Crippen molar-refractivity contribution in [3.63, 3.8) is 0 Å². The molecule has 0 saturated heterocycles. The molecule has 106 valence electrons. The molecule has 0 amide bonds. The van der Waals surface area contributed by atoms with Gasteiger partial charge in [0.1, 0.15) is 22.6 Å². The molecule has 1 heterocycles. The molecule has 0 bridgehead atoms. The zero-order chi connectivity index (χ0) is 14.7. The van der Waals surface area contributed by atoms with Crippen molar-refractivity contribution >= 4 is 23.1 Å². The first-order chi connectivity index (χ1) is 9.49. The summed E-state index contributed by atoms with van der Waals surface area (Å²) in [5.74, 6) is -2.70. The molecule has 0 aliphatic rings. The third-order valence-corrected chi connectivity index (χ3v) is 2.66. The summed E-state index contributed by atoms with van der Waals surface area (Å²) < 4.78 is 39.7. The maximum absolute atomic E-state index is 13.5. The smallest absolute Gasteiger partial charge is 0.182 e. The Hall–Kier alpha value is -1.82. The minimum absolute atomic E-state index is 0.170. The zero-order valence-corrected chi connectivity index (χ0v) is 11.3. The van der Waals surface area contributed by atoms with Crippen molar-refractivity contribution < 1.29 is 13.2 Å². The van der Waals surface area contributed by atoms with E-state index in [9.17, 15) is 13.2 Å². The molecule has 1 aromatic heterocycles. The van der Waals surface area contributed by atoms with Gasteiger partial charge in [-0.25, -0.2) is 23.1 Å². The van der Waals surface area contributed by atoms with Gasteiger partial charge in [0.05, 0.1) is 5.69 Å². The number of nitrogens with zero attached hydrogens (tertiary/aromatic N) is 2. The fourth-order valence-electron chi connectivity index (χ4n) is 1.65. The van der Waals surface area contributed by atoms with E-state index in [0.29, 0.717) is 18.3 Å². The summed E-state index contributed by atoms with van der Waals surface area (Å²) in [5.41, 5.74) is -0.347. The summed E-state index contributed by atoms with van der Waals surface area (Å²) in [7, 11) is 0.